The van der Waals surface area contributed by atoms with E-state index in [1.165, 1.54) is 11.1 Å². The summed E-state index contributed by atoms with van der Waals surface area (Å²) >= 11 is 0. The van der Waals surface area contributed by atoms with Crippen LogP contribution in [0.25, 0.3) is 0 Å². The number of urea groups is 1. The lowest BCUT2D eigenvalue weighted by molar-refractivity contribution is 0.247. The van der Waals surface area contributed by atoms with Gasteiger partial charge in [0.25, 0.3) is 0 Å². The third-order valence-corrected chi connectivity index (χ3v) is 5.34. The first-order valence-electron chi connectivity index (χ1n) is 9.38. The highest BCUT2D eigenvalue weighted by molar-refractivity contribution is 5.71. The van der Waals surface area contributed by atoms with E-state index in [2.05, 4.69) is 65.1 Å². The molecule has 1 aromatic carbocycles. The molecule has 2 amide bonds. The Bertz CT molecular complexity index is 565. The van der Waals surface area contributed by atoms with Crippen molar-refractivity contribution in [3.05, 3.63) is 29.3 Å². The van der Waals surface area contributed by atoms with E-state index < -0.39 is 6.03 Å². The number of carbonyl (C=O) groups is 1. The van der Waals surface area contributed by atoms with Crippen molar-refractivity contribution in [2.24, 2.45) is 5.73 Å². The molecule has 1 radical (unpaired) electrons. The van der Waals surface area contributed by atoms with Crippen LogP contribution < -0.4 is 15.8 Å². The van der Waals surface area contributed by atoms with Crippen molar-refractivity contribution in [3.63, 3.8) is 0 Å². The van der Waals surface area contributed by atoms with E-state index in [0.717, 1.165) is 31.4 Å². The van der Waals surface area contributed by atoms with Crippen molar-refractivity contribution < 1.29 is 9.53 Å². The maximum Gasteiger partial charge on any atom is 0.333 e. The molecule has 4 nitrogen and oxygen atoms in total. The zero-order chi connectivity index (χ0) is 19.1. The number of nitrogens with zero attached hydrogens (tertiary/aromatic N) is 1. The molecular weight excluding hydrogens is 312 g/mol. The Morgan fingerprint density at radius 3 is 2.28 bits per heavy atom. The molecule has 0 heterocycles. The molecule has 4 heteroatoms. The lowest BCUT2D eigenvalue weighted by atomic mass is 9.76. The van der Waals surface area contributed by atoms with Gasteiger partial charge in [0.1, 0.15) is 5.75 Å². The summed E-state index contributed by atoms with van der Waals surface area (Å²) in [6.07, 6.45) is 3.81. The summed E-state index contributed by atoms with van der Waals surface area (Å²) in [5.41, 5.74) is 7.87. The van der Waals surface area contributed by atoms with Gasteiger partial charge in [0.2, 0.25) is 0 Å². The topological polar surface area (TPSA) is 66.4 Å². The van der Waals surface area contributed by atoms with Gasteiger partial charge >= 0.3 is 6.03 Å². The van der Waals surface area contributed by atoms with Crippen LogP contribution >= 0.6 is 0 Å². The third-order valence-electron chi connectivity index (χ3n) is 5.34. The summed E-state index contributed by atoms with van der Waals surface area (Å²) < 4.78 is 6.08. The summed E-state index contributed by atoms with van der Waals surface area (Å²) in [6, 6.07) is 6.04. The smallest absolute Gasteiger partial charge is 0.333 e. The van der Waals surface area contributed by atoms with Crippen LogP contribution in [-0.4, -0.2) is 19.2 Å². The molecule has 0 bridgehead atoms. The number of hydrogen-bond donors (Lipinski definition) is 1. The predicted octanol–water partition coefficient (Wildman–Crippen LogP) is 4.90. The van der Waals surface area contributed by atoms with E-state index >= 15 is 0 Å². The van der Waals surface area contributed by atoms with E-state index in [4.69, 9.17) is 10.5 Å². The molecule has 0 atom stereocenters. The monoisotopic (exact) mass is 347 g/mol. The number of hydrogen-bond acceptors (Lipinski definition) is 2. The van der Waals surface area contributed by atoms with Crippen LogP contribution in [0.3, 0.4) is 0 Å². The molecule has 1 rings (SSSR count). The maximum atomic E-state index is 10.6. The van der Waals surface area contributed by atoms with Gasteiger partial charge in [-0.1, -0.05) is 53.7 Å². The van der Waals surface area contributed by atoms with E-state index in [1.807, 2.05) is 0 Å². The van der Waals surface area contributed by atoms with Crippen LogP contribution in [0.1, 0.15) is 78.4 Å². The predicted molar refractivity (Wildman–Crippen MR) is 104 cm³/mol. The number of rotatable bonds is 10. The van der Waals surface area contributed by atoms with Gasteiger partial charge in [-0.25, -0.2) is 10.1 Å². The highest BCUT2D eigenvalue weighted by Crippen LogP contribution is 2.38. The molecule has 0 aliphatic heterocycles. The SMILES string of the molecule is CCC(C)(C)c1ccc(OCCCC[N]C(N)=O)c(C(C)(C)CC)c1. The molecule has 0 fully saturated rings. The zero-order valence-electron chi connectivity index (χ0n) is 16.8. The van der Waals surface area contributed by atoms with Gasteiger partial charge in [-0.3, -0.25) is 0 Å². The summed E-state index contributed by atoms with van der Waals surface area (Å²) in [6.45, 7) is 14.6. The zero-order valence-corrected chi connectivity index (χ0v) is 16.8. The molecule has 25 heavy (non-hydrogen) atoms. The minimum atomic E-state index is -0.595. The Morgan fingerprint density at radius 2 is 1.72 bits per heavy atom. The van der Waals surface area contributed by atoms with Gasteiger partial charge in [0.05, 0.1) is 6.61 Å². The van der Waals surface area contributed by atoms with Gasteiger partial charge in [0, 0.05) is 12.1 Å². The Balaban J connectivity index is 2.86. The second-order valence-corrected chi connectivity index (χ2v) is 7.96. The third kappa shape index (κ3) is 6.26. The fourth-order valence-corrected chi connectivity index (χ4v) is 2.59. The number of carbonyl (C=O) groups excluding carboxylic acids is 1. The summed E-state index contributed by atoms with van der Waals surface area (Å²) in [7, 11) is 0. The summed E-state index contributed by atoms with van der Waals surface area (Å²) in [5.74, 6) is 0.967. The standard InChI is InChI=1S/C21H35N2O2/c1-7-20(3,4)16-11-12-18(17(15-16)21(5,6)8-2)25-14-10-9-13-23-19(22)24/h11-12,15H,7-10,13-14H2,1-6H3,(H2,22,24). The molecule has 0 saturated carbocycles. The number of ether oxygens (including phenoxy) is 1. The Morgan fingerprint density at radius 1 is 1.08 bits per heavy atom. The van der Waals surface area contributed by atoms with Crippen molar-refractivity contribution in [2.45, 2.75) is 78.1 Å². The van der Waals surface area contributed by atoms with Gasteiger partial charge in [0.15, 0.2) is 0 Å². The molecule has 0 aliphatic rings. The first kappa shape index (κ1) is 21.3. The number of unbranched alkanes of at least 4 members (excludes halogenated alkanes) is 1. The van der Waals surface area contributed by atoms with Crippen LogP contribution in [-0.2, 0) is 10.8 Å². The molecule has 0 spiro atoms. The number of nitrogens with two attached hydrogens (primary N) is 1. The van der Waals surface area contributed by atoms with Crippen LogP contribution in [0.2, 0.25) is 0 Å². The normalized spacial score (nSPS) is 12.1. The van der Waals surface area contributed by atoms with Crippen LogP contribution in [0, 0.1) is 0 Å². The lowest BCUT2D eigenvalue weighted by Crippen LogP contribution is -2.23. The van der Waals surface area contributed by atoms with E-state index in [9.17, 15) is 4.79 Å². The Kier molecular flexibility index (Phi) is 7.78. The second kappa shape index (κ2) is 9.12. The average molecular weight is 348 g/mol. The first-order chi connectivity index (χ1) is 11.6. The number of benzene rings is 1. The minimum absolute atomic E-state index is 0.0659. The average Bonchev–Trinajstić information content (AvgIpc) is 2.57. The Hall–Kier alpha value is -1.71. The highest BCUT2D eigenvalue weighted by atomic mass is 16.5. The fraction of sp³-hybridized carbons (Fsp3) is 0.667. The van der Waals surface area contributed by atoms with Gasteiger partial charge in [-0.2, -0.15) is 0 Å². The van der Waals surface area contributed by atoms with Gasteiger partial charge < -0.3 is 10.5 Å². The largest absolute Gasteiger partial charge is 0.493 e. The quantitative estimate of drug-likeness (QED) is 0.611. The van der Waals surface area contributed by atoms with E-state index in [1.54, 1.807) is 0 Å². The van der Waals surface area contributed by atoms with Crippen molar-refractivity contribution in [2.75, 3.05) is 13.2 Å². The fourth-order valence-electron chi connectivity index (χ4n) is 2.59. The van der Waals surface area contributed by atoms with Gasteiger partial charge in [-0.05, 0) is 48.1 Å². The number of amides is 2. The molecule has 141 valence electrons. The van der Waals surface area contributed by atoms with Gasteiger partial charge in [-0.15, -0.1) is 0 Å². The van der Waals surface area contributed by atoms with Crippen molar-refractivity contribution >= 4 is 6.03 Å². The second-order valence-electron chi connectivity index (χ2n) is 7.96. The Labute approximate surface area is 153 Å². The summed E-state index contributed by atoms with van der Waals surface area (Å²) in [5, 5.41) is 3.67. The molecular formula is C21H35N2O2. The maximum absolute atomic E-state index is 10.6. The van der Waals surface area contributed by atoms with Crippen molar-refractivity contribution in [3.8, 4) is 5.75 Å². The van der Waals surface area contributed by atoms with Crippen LogP contribution in [0.4, 0.5) is 4.79 Å². The summed E-state index contributed by atoms with van der Waals surface area (Å²) in [4.78, 5) is 10.6. The van der Waals surface area contributed by atoms with Crippen molar-refractivity contribution in [1.82, 2.24) is 5.32 Å². The molecule has 0 aromatic heterocycles. The molecule has 1 aromatic rings. The lowest BCUT2D eigenvalue weighted by Gasteiger charge is -2.30. The highest BCUT2D eigenvalue weighted by Gasteiger charge is 2.26. The molecule has 0 aliphatic carbocycles. The van der Waals surface area contributed by atoms with E-state index in [0.29, 0.717) is 13.2 Å². The van der Waals surface area contributed by atoms with E-state index in [-0.39, 0.29) is 10.8 Å². The van der Waals surface area contributed by atoms with Crippen molar-refractivity contribution in [1.29, 1.82) is 0 Å². The first-order valence-corrected chi connectivity index (χ1v) is 9.38. The molecule has 0 saturated heterocycles. The minimum Gasteiger partial charge on any atom is -0.493 e. The van der Waals surface area contributed by atoms with Crippen LogP contribution in [0.5, 0.6) is 5.75 Å². The molecule has 0 unspecified atom stereocenters. The van der Waals surface area contributed by atoms with Crippen LogP contribution in [0.15, 0.2) is 18.2 Å². The number of primary amides is 1. The molecule has 2 N–H and O–H groups in total.